The first-order valence-electron chi connectivity index (χ1n) is 6.51. The SMILES string of the molecule is Cc1nnc(Sc2ccc(CNC3CC3)c(C)c2)s1. The molecular weight excluding hydrogens is 274 g/mol. The number of rotatable bonds is 5. The Kier molecular flexibility index (Phi) is 3.86. The van der Waals surface area contributed by atoms with E-state index in [1.165, 1.54) is 28.9 Å². The van der Waals surface area contributed by atoms with E-state index < -0.39 is 0 Å². The number of aryl methyl sites for hydroxylation is 2. The van der Waals surface area contributed by atoms with Crippen molar-refractivity contribution in [3.63, 3.8) is 0 Å². The Balaban J connectivity index is 1.67. The molecule has 1 aliphatic carbocycles. The monoisotopic (exact) mass is 291 g/mol. The molecular formula is C14H17N3S2. The second kappa shape index (κ2) is 5.61. The number of benzene rings is 1. The second-order valence-electron chi connectivity index (χ2n) is 4.93. The van der Waals surface area contributed by atoms with Crippen LogP contribution in [0.25, 0.3) is 0 Å². The van der Waals surface area contributed by atoms with Crippen LogP contribution in [0.4, 0.5) is 0 Å². The molecule has 0 saturated heterocycles. The summed E-state index contributed by atoms with van der Waals surface area (Å²) in [5.41, 5.74) is 2.74. The molecule has 0 unspecified atom stereocenters. The zero-order valence-corrected chi connectivity index (χ0v) is 12.8. The summed E-state index contributed by atoms with van der Waals surface area (Å²) in [6, 6.07) is 7.41. The van der Waals surface area contributed by atoms with Gasteiger partial charge in [0.25, 0.3) is 0 Å². The zero-order chi connectivity index (χ0) is 13.2. The normalized spacial score (nSPS) is 14.8. The predicted octanol–water partition coefficient (Wildman–Crippen LogP) is 3.56. The van der Waals surface area contributed by atoms with Crippen LogP contribution in [0.2, 0.25) is 0 Å². The molecule has 3 rings (SSSR count). The Labute approximate surface area is 121 Å². The van der Waals surface area contributed by atoms with Crippen molar-refractivity contribution in [3.8, 4) is 0 Å². The van der Waals surface area contributed by atoms with E-state index in [-0.39, 0.29) is 0 Å². The van der Waals surface area contributed by atoms with Gasteiger partial charge in [-0.3, -0.25) is 0 Å². The van der Waals surface area contributed by atoms with E-state index in [0.717, 1.165) is 21.9 Å². The van der Waals surface area contributed by atoms with Crippen LogP contribution in [-0.2, 0) is 6.54 Å². The first-order valence-corrected chi connectivity index (χ1v) is 8.15. The maximum atomic E-state index is 4.15. The lowest BCUT2D eigenvalue weighted by Gasteiger charge is -2.08. The van der Waals surface area contributed by atoms with Gasteiger partial charge in [0.2, 0.25) is 0 Å². The van der Waals surface area contributed by atoms with Crippen molar-refractivity contribution in [1.82, 2.24) is 15.5 Å². The Morgan fingerprint density at radius 3 is 2.79 bits per heavy atom. The largest absolute Gasteiger partial charge is 0.310 e. The summed E-state index contributed by atoms with van der Waals surface area (Å²) in [5, 5.41) is 12.8. The van der Waals surface area contributed by atoms with Crippen LogP contribution in [0, 0.1) is 13.8 Å². The Morgan fingerprint density at radius 1 is 1.32 bits per heavy atom. The van der Waals surface area contributed by atoms with Crippen molar-refractivity contribution in [2.75, 3.05) is 0 Å². The molecule has 1 fully saturated rings. The molecule has 0 bridgehead atoms. The van der Waals surface area contributed by atoms with Gasteiger partial charge in [0.1, 0.15) is 5.01 Å². The summed E-state index contributed by atoms with van der Waals surface area (Å²) >= 11 is 3.34. The molecule has 1 aliphatic rings. The average molecular weight is 291 g/mol. The average Bonchev–Trinajstić information content (AvgIpc) is 3.12. The smallest absolute Gasteiger partial charge is 0.179 e. The first-order chi connectivity index (χ1) is 9.20. The predicted molar refractivity (Wildman–Crippen MR) is 79.8 cm³/mol. The van der Waals surface area contributed by atoms with Crippen LogP contribution < -0.4 is 5.32 Å². The topological polar surface area (TPSA) is 37.8 Å². The summed E-state index contributed by atoms with van der Waals surface area (Å²) in [6.07, 6.45) is 2.67. The number of hydrogen-bond acceptors (Lipinski definition) is 5. The molecule has 0 amide bonds. The molecule has 100 valence electrons. The van der Waals surface area contributed by atoms with Gasteiger partial charge in [0, 0.05) is 17.5 Å². The minimum atomic E-state index is 0.762. The van der Waals surface area contributed by atoms with E-state index in [1.807, 2.05) is 6.92 Å². The lowest BCUT2D eigenvalue weighted by atomic mass is 10.1. The quantitative estimate of drug-likeness (QED) is 0.914. The van der Waals surface area contributed by atoms with Crippen LogP contribution >= 0.6 is 23.1 Å². The van der Waals surface area contributed by atoms with Crippen molar-refractivity contribution >= 4 is 23.1 Å². The maximum Gasteiger partial charge on any atom is 0.179 e. The highest BCUT2D eigenvalue weighted by molar-refractivity contribution is 8.01. The van der Waals surface area contributed by atoms with Gasteiger partial charge in [-0.25, -0.2) is 0 Å². The molecule has 1 N–H and O–H groups in total. The molecule has 5 heteroatoms. The lowest BCUT2D eigenvalue weighted by molar-refractivity contribution is 0.685. The summed E-state index contributed by atoms with van der Waals surface area (Å²) < 4.78 is 1.01. The lowest BCUT2D eigenvalue weighted by Crippen LogP contribution is -2.15. The molecule has 1 saturated carbocycles. The van der Waals surface area contributed by atoms with Crippen molar-refractivity contribution in [2.24, 2.45) is 0 Å². The maximum absolute atomic E-state index is 4.15. The molecule has 0 radical (unpaired) electrons. The van der Waals surface area contributed by atoms with Gasteiger partial charge in [-0.2, -0.15) is 0 Å². The number of aromatic nitrogens is 2. The van der Waals surface area contributed by atoms with Gasteiger partial charge in [-0.15, -0.1) is 10.2 Å². The molecule has 1 aromatic heterocycles. The third-order valence-corrected chi connectivity index (χ3v) is 5.06. The minimum absolute atomic E-state index is 0.762. The Morgan fingerprint density at radius 2 is 2.16 bits per heavy atom. The van der Waals surface area contributed by atoms with Gasteiger partial charge in [-0.1, -0.05) is 29.2 Å². The van der Waals surface area contributed by atoms with Crippen molar-refractivity contribution in [3.05, 3.63) is 34.3 Å². The zero-order valence-electron chi connectivity index (χ0n) is 11.1. The third kappa shape index (κ3) is 3.55. The van der Waals surface area contributed by atoms with Gasteiger partial charge in [-0.05, 0) is 49.9 Å². The minimum Gasteiger partial charge on any atom is -0.310 e. The van der Waals surface area contributed by atoms with Crippen molar-refractivity contribution in [2.45, 2.75) is 48.5 Å². The van der Waals surface area contributed by atoms with Gasteiger partial charge in [0.15, 0.2) is 4.34 Å². The molecule has 0 spiro atoms. The molecule has 2 aromatic rings. The standard InChI is InChI=1S/C14H17N3S2/c1-9-7-13(19-14-17-16-10(2)18-14)6-3-11(9)8-15-12-4-5-12/h3,6-7,12,15H,4-5,8H2,1-2H3. The van der Waals surface area contributed by atoms with E-state index in [1.54, 1.807) is 23.1 Å². The highest BCUT2D eigenvalue weighted by atomic mass is 32.2. The van der Waals surface area contributed by atoms with Crippen LogP contribution in [-0.4, -0.2) is 16.2 Å². The molecule has 1 aromatic carbocycles. The van der Waals surface area contributed by atoms with Crippen LogP contribution in [0.3, 0.4) is 0 Å². The van der Waals surface area contributed by atoms with Gasteiger partial charge < -0.3 is 5.32 Å². The fourth-order valence-corrected chi connectivity index (χ4v) is 3.78. The highest BCUT2D eigenvalue weighted by Gasteiger charge is 2.20. The Hall–Kier alpha value is -0.910. The first kappa shape index (κ1) is 13.1. The molecule has 0 atom stereocenters. The summed E-state index contributed by atoms with van der Waals surface area (Å²) in [6.45, 7) is 5.15. The third-order valence-electron chi connectivity index (χ3n) is 3.19. The number of hydrogen-bond donors (Lipinski definition) is 1. The number of nitrogens with zero attached hydrogens (tertiary/aromatic N) is 2. The summed E-state index contributed by atoms with van der Waals surface area (Å²) in [7, 11) is 0. The van der Waals surface area contributed by atoms with Gasteiger partial charge in [0.05, 0.1) is 0 Å². The molecule has 19 heavy (non-hydrogen) atoms. The van der Waals surface area contributed by atoms with Gasteiger partial charge >= 0.3 is 0 Å². The van der Waals surface area contributed by atoms with Crippen molar-refractivity contribution in [1.29, 1.82) is 0 Å². The van der Waals surface area contributed by atoms with Crippen LogP contribution in [0.5, 0.6) is 0 Å². The van der Waals surface area contributed by atoms with E-state index in [9.17, 15) is 0 Å². The van der Waals surface area contributed by atoms with Crippen LogP contribution in [0.1, 0.15) is 29.0 Å². The second-order valence-corrected chi connectivity index (χ2v) is 7.43. The fourth-order valence-electron chi connectivity index (χ4n) is 1.89. The Bertz CT molecular complexity index is 576. The highest BCUT2D eigenvalue weighted by Crippen LogP contribution is 2.31. The fraction of sp³-hybridized carbons (Fsp3) is 0.429. The number of nitrogens with one attached hydrogen (secondary N) is 1. The molecule has 0 aliphatic heterocycles. The van der Waals surface area contributed by atoms with E-state index in [0.29, 0.717) is 0 Å². The van der Waals surface area contributed by atoms with Crippen molar-refractivity contribution < 1.29 is 0 Å². The molecule has 1 heterocycles. The van der Waals surface area contributed by atoms with E-state index in [4.69, 9.17) is 0 Å². The van der Waals surface area contributed by atoms with E-state index >= 15 is 0 Å². The van der Waals surface area contributed by atoms with Crippen LogP contribution in [0.15, 0.2) is 27.4 Å². The summed E-state index contributed by atoms with van der Waals surface area (Å²) in [4.78, 5) is 1.24. The summed E-state index contributed by atoms with van der Waals surface area (Å²) in [5.74, 6) is 0. The van der Waals surface area contributed by atoms with E-state index in [2.05, 4.69) is 40.6 Å². The molecule has 3 nitrogen and oxygen atoms in total.